The van der Waals surface area contributed by atoms with Crippen molar-refractivity contribution in [3.05, 3.63) is 105 Å². The third-order valence-corrected chi connectivity index (χ3v) is 8.34. The Morgan fingerprint density at radius 3 is 1.43 bits per heavy atom. The summed E-state index contributed by atoms with van der Waals surface area (Å²) in [4.78, 5) is 25.4. The van der Waals surface area contributed by atoms with E-state index in [-0.39, 0.29) is 21.6 Å². The van der Waals surface area contributed by atoms with Crippen molar-refractivity contribution in [1.82, 2.24) is 0 Å². The molecule has 5 rings (SSSR count). The van der Waals surface area contributed by atoms with Crippen LogP contribution >= 0.6 is 31.9 Å². The van der Waals surface area contributed by atoms with E-state index in [1.807, 2.05) is 12.1 Å². The van der Waals surface area contributed by atoms with Crippen molar-refractivity contribution in [3.63, 3.8) is 0 Å². The molecule has 0 saturated heterocycles. The molecule has 0 bridgehead atoms. The highest BCUT2D eigenvalue weighted by Gasteiger charge is 2.33. The Morgan fingerprint density at radius 2 is 1.03 bits per heavy atom. The maximum atomic E-state index is 13.3. The third kappa shape index (κ3) is 4.54. The van der Waals surface area contributed by atoms with E-state index in [4.69, 9.17) is 0 Å². The molecule has 174 valence electrons. The van der Waals surface area contributed by atoms with Gasteiger partial charge in [-0.05, 0) is 60.7 Å². The molecule has 0 atom stereocenters. The Balaban J connectivity index is 1.42. The van der Waals surface area contributed by atoms with E-state index in [0.29, 0.717) is 33.6 Å². The minimum absolute atomic E-state index is 0.106. The van der Waals surface area contributed by atoms with Gasteiger partial charge in [-0.2, -0.15) is 0 Å². The SMILES string of the molecule is O=C(Nc1ccc2c(c1)S(=O)(=O)c1cc(NC(=O)c3cccc(Br)c3)ccc1-2)c1cccc(Br)c1. The Hall–Kier alpha value is -3.27. The van der Waals surface area contributed by atoms with Crippen LogP contribution in [0.5, 0.6) is 0 Å². The maximum Gasteiger partial charge on any atom is 0.255 e. The number of rotatable bonds is 4. The Morgan fingerprint density at radius 1 is 0.600 bits per heavy atom. The predicted molar refractivity (Wildman–Crippen MR) is 142 cm³/mol. The molecule has 1 aliphatic heterocycles. The zero-order valence-corrected chi connectivity index (χ0v) is 21.9. The quantitative estimate of drug-likeness (QED) is 0.242. The number of sulfone groups is 1. The largest absolute Gasteiger partial charge is 0.322 e. The van der Waals surface area contributed by atoms with E-state index in [1.165, 1.54) is 12.1 Å². The van der Waals surface area contributed by atoms with E-state index in [2.05, 4.69) is 42.5 Å². The Kier molecular flexibility index (Phi) is 6.08. The van der Waals surface area contributed by atoms with Crippen LogP contribution in [-0.2, 0) is 9.84 Å². The third-order valence-electron chi connectivity index (χ3n) is 5.52. The van der Waals surface area contributed by atoms with Gasteiger partial charge in [-0.15, -0.1) is 0 Å². The maximum absolute atomic E-state index is 13.3. The number of hydrogen-bond acceptors (Lipinski definition) is 4. The van der Waals surface area contributed by atoms with Gasteiger partial charge in [0.2, 0.25) is 9.84 Å². The fourth-order valence-corrected chi connectivity index (χ4v) is 6.41. The number of anilines is 2. The van der Waals surface area contributed by atoms with Crippen molar-refractivity contribution < 1.29 is 18.0 Å². The van der Waals surface area contributed by atoms with Crippen LogP contribution in [0.1, 0.15) is 20.7 Å². The number of fused-ring (bicyclic) bond motifs is 3. The van der Waals surface area contributed by atoms with Gasteiger partial charge in [0.15, 0.2) is 0 Å². The Labute approximate surface area is 218 Å². The molecule has 0 aliphatic carbocycles. The van der Waals surface area contributed by atoms with E-state index in [1.54, 1.807) is 60.7 Å². The highest BCUT2D eigenvalue weighted by Crippen LogP contribution is 2.45. The number of benzene rings is 4. The van der Waals surface area contributed by atoms with Gasteiger partial charge in [-0.1, -0.05) is 56.1 Å². The summed E-state index contributed by atoms with van der Waals surface area (Å²) in [6.45, 7) is 0. The van der Waals surface area contributed by atoms with Gasteiger partial charge in [0.05, 0.1) is 9.79 Å². The summed E-state index contributed by atoms with van der Waals surface area (Å²) in [7, 11) is -3.84. The summed E-state index contributed by atoms with van der Waals surface area (Å²) in [5.41, 5.74) is 2.71. The standard InChI is InChI=1S/C26H16Br2N2O4S/c27-17-5-1-3-15(11-17)25(31)29-19-7-9-21-22-10-8-20(14-24(22)35(33,34)23(21)13-19)30-26(32)16-4-2-6-18(28)12-16/h1-14H,(H,29,31)(H,30,32). The number of halogens is 2. The first kappa shape index (κ1) is 23.5. The summed E-state index contributed by atoms with van der Waals surface area (Å²) in [5, 5.41) is 5.51. The molecule has 4 aromatic carbocycles. The lowest BCUT2D eigenvalue weighted by Gasteiger charge is -2.08. The molecule has 2 amide bonds. The van der Waals surface area contributed by atoms with Crippen molar-refractivity contribution in [1.29, 1.82) is 0 Å². The topological polar surface area (TPSA) is 92.3 Å². The summed E-state index contributed by atoms with van der Waals surface area (Å²) in [6, 6.07) is 23.4. The number of nitrogens with one attached hydrogen (secondary N) is 2. The molecule has 6 nitrogen and oxygen atoms in total. The average Bonchev–Trinajstić information content (AvgIpc) is 3.05. The van der Waals surface area contributed by atoms with Crippen LogP contribution in [0.4, 0.5) is 11.4 Å². The first-order chi connectivity index (χ1) is 16.7. The number of carbonyl (C=O) groups excluding carboxylic acids is 2. The summed E-state index contributed by atoms with van der Waals surface area (Å²) in [6.07, 6.45) is 0. The zero-order chi connectivity index (χ0) is 24.7. The van der Waals surface area contributed by atoms with Crippen LogP contribution in [0.15, 0.2) is 104 Å². The van der Waals surface area contributed by atoms with Gasteiger partial charge in [-0.3, -0.25) is 9.59 Å². The van der Waals surface area contributed by atoms with Gasteiger partial charge in [-0.25, -0.2) is 8.42 Å². The molecule has 1 heterocycles. The lowest BCUT2D eigenvalue weighted by atomic mass is 10.0. The molecule has 0 unspecified atom stereocenters. The van der Waals surface area contributed by atoms with Gasteiger partial charge >= 0.3 is 0 Å². The highest BCUT2D eigenvalue weighted by molar-refractivity contribution is 9.10. The minimum Gasteiger partial charge on any atom is -0.322 e. The molecular formula is C26H16Br2N2O4S. The molecule has 9 heteroatoms. The second-order valence-corrected chi connectivity index (χ2v) is 11.6. The van der Waals surface area contributed by atoms with Crippen molar-refractivity contribution in [2.75, 3.05) is 10.6 Å². The van der Waals surface area contributed by atoms with Crippen molar-refractivity contribution in [3.8, 4) is 11.1 Å². The smallest absolute Gasteiger partial charge is 0.255 e. The second kappa shape index (κ2) is 9.07. The monoisotopic (exact) mass is 610 g/mol. The molecule has 1 aliphatic rings. The fourth-order valence-electron chi connectivity index (χ4n) is 3.87. The van der Waals surface area contributed by atoms with Gasteiger partial charge in [0.25, 0.3) is 11.8 Å². The van der Waals surface area contributed by atoms with E-state index in [0.717, 1.165) is 8.95 Å². The number of carbonyl (C=O) groups is 2. The molecule has 4 aromatic rings. The van der Waals surface area contributed by atoms with E-state index >= 15 is 0 Å². The van der Waals surface area contributed by atoms with Crippen LogP contribution in [0.3, 0.4) is 0 Å². The van der Waals surface area contributed by atoms with Crippen LogP contribution in [0.2, 0.25) is 0 Å². The zero-order valence-electron chi connectivity index (χ0n) is 17.9. The molecule has 0 aromatic heterocycles. The van der Waals surface area contributed by atoms with Gasteiger partial charge < -0.3 is 10.6 Å². The van der Waals surface area contributed by atoms with Gasteiger partial charge in [0.1, 0.15) is 0 Å². The first-order valence-corrected chi connectivity index (χ1v) is 13.5. The Bertz CT molecular complexity index is 1520. The summed E-state index contributed by atoms with van der Waals surface area (Å²) >= 11 is 6.67. The van der Waals surface area contributed by atoms with Crippen LogP contribution in [-0.4, -0.2) is 20.2 Å². The van der Waals surface area contributed by atoms with Crippen molar-refractivity contribution >= 4 is 64.9 Å². The molecule has 0 spiro atoms. The van der Waals surface area contributed by atoms with Crippen LogP contribution < -0.4 is 10.6 Å². The molecule has 0 saturated carbocycles. The second-order valence-electron chi connectivity index (χ2n) is 7.85. The molecule has 2 N–H and O–H groups in total. The van der Waals surface area contributed by atoms with Crippen molar-refractivity contribution in [2.45, 2.75) is 9.79 Å². The lowest BCUT2D eigenvalue weighted by Crippen LogP contribution is -2.12. The molecule has 35 heavy (non-hydrogen) atoms. The van der Waals surface area contributed by atoms with E-state index in [9.17, 15) is 18.0 Å². The van der Waals surface area contributed by atoms with Crippen molar-refractivity contribution in [2.24, 2.45) is 0 Å². The molecular weight excluding hydrogens is 596 g/mol. The fraction of sp³-hybridized carbons (Fsp3) is 0. The highest BCUT2D eigenvalue weighted by atomic mass is 79.9. The lowest BCUT2D eigenvalue weighted by molar-refractivity contribution is 0.101. The molecule has 0 radical (unpaired) electrons. The van der Waals surface area contributed by atoms with E-state index < -0.39 is 9.84 Å². The van der Waals surface area contributed by atoms with Crippen LogP contribution in [0, 0.1) is 0 Å². The first-order valence-electron chi connectivity index (χ1n) is 10.4. The summed E-state index contributed by atoms with van der Waals surface area (Å²) in [5.74, 6) is -0.701. The van der Waals surface area contributed by atoms with Crippen LogP contribution in [0.25, 0.3) is 11.1 Å². The summed E-state index contributed by atoms with van der Waals surface area (Å²) < 4.78 is 28.2. The average molecular weight is 612 g/mol. The van der Waals surface area contributed by atoms with Gasteiger partial charge in [0, 0.05) is 42.6 Å². The number of amides is 2. The normalized spacial score (nSPS) is 13.0. The number of hydrogen-bond donors (Lipinski definition) is 2. The minimum atomic E-state index is -3.84. The molecule has 0 fully saturated rings. The predicted octanol–water partition coefficient (Wildman–Crippen LogP) is 6.53.